The fourth-order valence-electron chi connectivity index (χ4n) is 2.67. The molecule has 25 heavy (non-hydrogen) atoms. The maximum Gasteiger partial charge on any atom is 0.416 e. The van der Waals surface area contributed by atoms with Gasteiger partial charge in [0.1, 0.15) is 5.44 Å². The van der Waals surface area contributed by atoms with Gasteiger partial charge in [-0.3, -0.25) is 4.57 Å². The van der Waals surface area contributed by atoms with E-state index in [1.807, 2.05) is 0 Å². The fraction of sp³-hybridized carbons (Fsp3) is 0.467. The van der Waals surface area contributed by atoms with Crippen LogP contribution in [0, 0.1) is 0 Å². The molecule has 0 bridgehead atoms. The van der Waals surface area contributed by atoms with Crippen molar-refractivity contribution in [2.75, 3.05) is 26.9 Å². The molecule has 0 aliphatic carbocycles. The highest BCUT2D eigenvalue weighted by molar-refractivity contribution is 8.00. The van der Waals surface area contributed by atoms with E-state index in [1.165, 1.54) is 11.7 Å². The number of aliphatic hydroxyl groups excluding tert-OH is 1. The first-order chi connectivity index (χ1) is 11.8. The third-order valence-electron chi connectivity index (χ3n) is 3.82. The molecule has 136 valence electrons. The molecule has 0 saturated carbocycles. The van der Waals surface area contributed by atoms with Gasteiger partial charge in [-0.1, -0.05) is 11.8 Å². The van der Waals surface area contributed by atoms with Gasteiger partial charge in [0.25, 0.3) is 0 Å². The number of aromatic nitrogens is 2. The summed E-state index contributed by atoms with van der Waals surface area (Å²) >= 11 is 0.872. The second-order valence-electron chi connectivity index (χ2n) is 5.46. The SMILES string of the molecule is COCCOCC1C(O)Sc2cc(C(F)(F)F)cc3cnc(=O)n1c23. The van der Waals surface area contributed by atoms with Crippen LogP contribution in [0.1, 0.15) is 11.6 Å². The summed E-state index contributed by atoms with van der Waals surface area (Å²) in [5.41, 5.74) is -2.31. The minimum atomic E-state index is -4.53. The van der Waals surface area contributed by atoms with Gasteiger partial charge in [-0.2, -0.15) is 13.2 Å². The molecule has 3 rings (SSSR count). The maximum atomic E-state index is 13.1. The summed E-state index contributed by atoms with van der Waals surface area (Å²) in [6.07, 6.45) is -3.41. The highest BCUT2D eigenvalue weighted by atomic mass is 32.2. The van der Waals surface area contributed by atoms with Crippen molar-refractivity contribution >= 4 is 22.7 Å². The Balaban J connectivity index is 2.08. The summed E-state index contributed by atoms with van der Waals surface area (Å²) in [6.45, 7) is 0.625. The molecule has 0 saturated heterocycles. The topological polar surface area (TPSA) is 73.6 Å². The first-order valence-electron chi connectivity index (χ1n) is 7.37. The molecule has 1 aliphatic rings. The number of thioether (sulfide) groups is 1. The number of ether oxygens (including phenoxy) is 2. The van der Waals surface area contributed by atoms with E-state index in [-0.39, 0.29) is 23.5 Å². The van der Waals surface area contributed by atoms with Gasteiger partial charge in [0.2, 0.25) is 0 Å². The van der Waals surface area contributed by atoms with Crippen LogP contribution in [0.5, 0.6) is 0 Å². The van der Waals surface area contributed by atoms with Crippen LogP contribution in [-0.4, -0.2) is 47.0 Å². The Morgan fingerprint density at radius 2 is 2.12 bits per heavy atom. The highest BCUT2D eigenvalue weighted by Crippen LogP contribution is 2.42. The number of halogens is 3. The zero-order valence-electron chi connectivity index (χ0n) is 13.1. The summed E-state index contributed by atoms with van der Waals surface area (Å²) in [5.74, 6) is 0. The van der Waals surface area contributed by atoms with Crippen LogP contribution in [0.15, 0.2) is 28.0 Å². The first kappa shape index (κ1) is 18.2. The Kier molecular flexibility index (Phi) is 5.05. The molecule has 1 N–H and O–H groups in total. The zero-order chi connectivity index (χ0) is 18.2. The van der Waals surface area contributed by atoms with Gasteiger partial charge in [0, 0.05) is 23.6 Å². The van der Waals surface area contributed by atoms with Crippen molar-refractivity contribution in [3.05, 3.63) is 34.4 Å². The molecular formula is C15H15F3N2O4S. The van der Waals surface area contributed by atoms with Crippen LogP contribution in [0.3, 0.4) is 0 Å². The smallest absolute Gasteiger partial charge is 0.382 e. The van der Waals surface area contributed by atoms with E-state index in [0.29, 0.717) is 12.1 Å². The quantitative estimate of drug-likeness (QED) is 0.806. The molecule has 2 unspecified atom stereocenters. The molecule has 10 heteroatoms. The number of rotatable bonds is 5. The zero-order valence-corrected chi connectivity index (χ0v) is 13.9. The molecule has 0 amide bonds. The van der Waals surface area contributed by atoms with E-state index in [2.05, 4.69) is 4.98 Å². The lowest BCUT2D eigenvalue weighted by atomic mass is 10.1. The Morgan fingerprint density at radius 3 is 2.80 bits per heavy atom. The van der Waals surface area contributed by atoms with Gasteiger partial charge >= 0.3 is 11.9 Å². The van der Waals surface area contributed by atoms with E-state index >= 15 is 0 Å². The summed E-state index contributed by atoms with van der Waals surface area (Å²) in [4.78, 5) is 16.0. The Hall–Kier alpha value is -1.62. The molecule has 2 aromatic rings. The van der Waals surface area contributed by atoms with Crippen molar-refractivity contribution in [1.82, 2.24) is 9.55 Å². The number of nitrogens with zero attached hydrogens (tertiary/aromatic N) is 2. The van der Waals surface area contributed by atoms with E-state index in [9.17, 15) is 23.1 Å². The van der Waals surface area contributed by atoms with Crippen molar-refractivity contribution in [1.29, 1.82) is 0 Å². The number of alkyl halides is 3. The third kappa shape index (κ3) is 3.52. The molecule has 1 aromatic carbocycles. The molecule has 2 heterocycles. The number of methoxy groups -OCH3 is 1. The van der Waals surface area contributed by atoms with E-state index in [1.54, 1.807) is 0 Å². The van der Waals surface area contributed by atoms with E-state index < -0.39 is 28.9 Å². The molecule has 6 nitrogen and oxygen atoms in total. The molecule has 0 spiro atoms. The summed E-state index contributed by atoms with van der Waals surface area (Å²) in [5, 5.41) is 10.5. The number of hydrogen-bond donors (Lipinski definition) is 1. The van der Waals surface area contributed by atoms with Crippen LogP contribution in [0.4, 0.5) is 13.2 Å². The second kappa shape index (κ2) is 6.94. The second-order valence-corrected chi connectivity index (χ2v) is 6.62. The van der Waals surface area contributed by atoms with Crippen LogP contribution < -0.4 is 5.69 Å². The molecule has 1 aromatic heterocycles. The van der Waals surface area contributed by atoms with Crippen molar-refractivity contribution < 1.29 is 27.8 Å². The average Bonchev–Trinajstić information content (AvgIpc) is 2.54. The van der Waals surface area contributed by atoms with Crippen LogP contribution in [0.25, 0.3) is 10.9 Å². The van der Waals surface area contributed by atoms with Crippen LogP contribution >= 0.6 is 11.8 Å². The Labute approximate surface area is 144 Å². The number of hydrogen-bond acceptors (Lipinski definition) is 6. The maximum absolute atomic E-state index is 13.1. The van der Waals surface area contributed by atoms with Crippen molar-refractivity contribution in [2.24, 2.45) is 0 Å². The van der Waals surface area contributed by atoms with E-state index in [0.717, 1.165) is 30.1 Å². The summed E-state index contributed by atoms with van der Waals surface area (Å²) in [7, 11) is 1.51. The lowest BCUT2D eigenvalue weighted by molar-refractivity contribution is -0.137. The molecule has 2 atom stereocenters. The monoisotopic (exact) mass is 376 g/mol. The first-order valence-corrected chi connectivity index (χ1v) is 8.25. The minimum absolute atomic E-state index is 0.0126. The molecule has 0 radical (unpaired) electrons. The van der Waals surface area contributed by atoms with Gasteiger partial charge in [0.05, 0.1) is 36.9 Å². The van der Waals surface area contributed by atoms with Crippen molar-refractivity contribution in [3.63, 3.8) is 0 Å². The Morgan fingerprint density at radius 1 is 1.36 bits per heavy atom. The minimum Gasteiger partial charge on any atom is -0.382 e. The van der Waals surface area contributed by atoms with Crippen molar-refractivity contribution in [3.8, 4) is 0 Å². The average molecular weight is 376 g/mol. The highest BCUT2D eigenvalue weighted by Gasteiger charge is 2.36. The molecular weight excluding hydrogens is 361 g/mol. The Bertz CT molecular complexity index is 840. The van der Waals surface area contributed by atoms with Gasteiger partial charge in [-0.15, -0.1) is 0 Å². The van der Waals surface area contributed by atoms with Gasteiger partial charge < -0.3 is 14.6 Å². The normalized spacial score (nSPS) is 20.2. The van der Waals surface area contributed by atoms with Gasteiger partial charge in [0.15, 0.2) is 0 Å². The van der Waals surface area contributed by atoms with E-state index in [4.69, 9.17) is 9.47 Å². The van der Waals surface area contributed by atoms with Gasteiger partial charge in [-0.25, -0.2) is 9.78 Å². The molecule has 0 fully saturated rings. The summed E-state index contributed by atoms with van der Waals surface area (Å²) < 4.78 is 50.6. The summed E-state index contributed by atoms with van der Waals surface area (Å²) in [6, 6.07) is 1.13. The van der Waals surface area contributed by atoms with Crippen LogP contribution in [0.2, 0.25) is 0 Å². The van der Waals surface area contributed by atoms with Crippen LogP contribution in [-0.2, 0) is 15.7 Å². The number of aliphatic hydroxyl groups is 1. The lowest BCUT2D eigenvalue weighted by Crippen LogP contribution is -2.38. The number of benzene rings is 1. The third-order valence-corrected chi connectivity index (χ3v) is 4.94. The predicted octanol–water partition coefficient (Wildman–Crippen LogP) is 2.04. The standard InChI is InChI=1S/C15H15F3N2O4S/c1-23-2-3-24-7-10-13(21)25-11-5-9(15(16,17)18)4-8-6-19-14(22)20(10)12(8)11/h4-6,10,13,21H,2-3,7H2,1H3. The lowest BCUT2D eigenvalue weighted by Gasteiger charge is -2.31. The fourth-order valence-corrected chi connectivity index (χ4v) is 3.81. The molecule has 1 aliphatic heterocycles. The largest absolute Gasteiger partial charge is 0.416 e. The van der Waals surface area contributed by atoms with Crippen molar-refractivity contribution in [2.45, 2.75) is 22.5 Å². The van der Waals surface area contributed by atoms with Gasteiger partial charge in [-0.05, 0) is 12.1 Å². The predicted molar refractivity (Wildman–Crippen MR) is 84.6 cm³/mol.